The minimum atomic E-state index is -0.276. The second-order valence-electron chi connectivity index (χ2n) is 4.54. The number of benzene rings is 2. The minimum absolute atomic E-state index is 0.0953. The highest BCUT2D eigenvalue weighted by Crippen LogP contribution is 2.19. The van der Waals surface area contributed by atoms with Crippen molar-refractivity contribution < 1.29 is 9.53 Å². The number of hydrogen-bond donors (Lipinski definition) is 2. The van der Waals surface area contributed by atoms with Crippen molar-refractivity contribution in [3.05, 3.63) is 58.1 Å². The first kappa shape index (κ1) is 17.1. The Bertz CT molecular complexity index is 703. The van der Waals surface area contributed by atoms with Crippen LogP contribution in [0, 0.1) is 0 Å². The smallest absolute Gasteiger partial charge is 0.259 e. The highest BCUT2D eigenvalue weighted by molar-refractivity contribution is 6.36. The molecular formula is C16H15Cl2N3O2. The summed E-state index contributed by atoms with van der Waals surface area (Å²) in [4.78, 5) is 11.7. The number of halogens is 2. The van der Waals surface area contributed by atoms with E-state index in [1.165, 1.54) is 6.21 Å². The number of carbonyl (C=O) groups excluding carboxylic acids is 1. The third-order valence-corrected chi connectivity index (χ3v) is 3.46. The zero-order valence-corrected chi connectivity index (χ0v) is 13.9. The van der Waals surface area contributed by atoms with Crippen LogP contribution in [0.1, 0.15) is 5.56 Å². The molecule has 2 aromatic carbocycles. The first-order valence-corrected chi connectivity index (χ1v) is 7.49. The number of hydrazone groups is 1. The van der Waals surface area contributed by atoms with Gasteiger partial charge in [-0.2, -0.15) is 5.10 Å². The average Bonchev–Trinajstić information content (AvgIpc) is 2.55. The van der Waals surface area contributed by atoms with Crippen LogP contribution >= 0.6 is 23.2 Å². The van der Waals surface area contributed by atoms with Gasteiger partial charge in [-0.3, -0.25) is 4.79 Å². The summed E-state index contributed by atoms with van der Waals surface area (Å²) in [7, 11) is 1.60. The highest BCUT2D eigenvalue weighted by atomic mass is 35.5. The summed E-state index contributed by atoms with van der Waals surface area (Å²) in [5.41, 5.74) is 3.89. The SMILES string of the molecule is COc1ccc(NCC(=O)NN=Cc2ccc(Cl)cc2Cl)cc1. The van der Waals surface area contributed by atoms with Crippen molar-refractivity contribution in [2.45, 2.75) is 0 Å². The standard InChI is InChI=1S/C16H15Cl2N3O2/c1-23-14-6-4-13(5-7-14)19-10-16(22)21-20-9-11-2-3-12(17)8-15(11)18/h2-9,19H,10H2,1H3,(H,21,22). The van der Waals surface area contributed by atoms with E-state index >= 15 is 0 Å². The Balaban J connectivity index is 1.81. The van der Waals surface area contributed by atoms with Gasteiger partial charge < -0.3 is 10.1 Å². The van der Waals surface area contributed by atoms with Gasteiger partial charge in [0.2, 0.25) is 0 Å². The second-order valence-corrected chi connectivity index (χ2v) is 5.38. The highest BCUT2D eigenvalue weighted by Gasteiger charge is 2.01. The lowest BCUT2D eigenvalue weighted by Gasteiger charge is -2.06. The molecule has 2 N–H and O–H groups in total. The lowest BCUT2D eigenvalue weighted by molar-refractivity contribution is -0.119. The Labute approximate surface area is 144 Å². The maximum absolute atomic E-state index is 11.7. The first-order valence-electron chi connectivity index (χ1n) is 6.73. The van der Waals surface area contributed by atoms with Crippen LogP contribution in [0.25, 0.3) is 0 Å². The van der Waals surface area contributed by atoms with E-state index in [0.29, 0.717) is 15.6 Å². The van der Waals surface area contributed by atoms with Gasteiger partial charge in [-0.15, -0.1) is 0 Å². The quantitative estimate of drug-likeness (QED) is 0.617. The Morgan fingerprint density at radius 1 is 1.22 bits per heavy atom. The molecule has 0 saturated heterocycles. The molecule has 0 atom stereocenters. The predicted octanol–water partition coefficient (Wildman–Crippen LogP) is 3.56. The fraction of sp³-hybridized carbons (Fsp3) is 0.125. The maximum Gasteiger partial charge on any atom is 0.259 e. The van der Waals surface area contributed by atoms with Crippen LogP contribution in [0.5, 0.6) is 5.75 Å². The molecule has 0 aliphatic carbocycles. The van der Waals surface area contributed by atoms with Crippen LogP contribution in [0.4, 0.5) is 5.69 Å². The minimum Gasteiger partial charge on any atom is -0.497 e. The summed E-state index contributed by atoms with van der Waals surface area (Å²) in [5.74, 6) is 0.478. The van der Waals surface area contributed by atoms with E-state index in [-0.39, 0.29) is 12.5 Å². The zero-order chi connectivity index (χ0) is 16.7. The van der Waals surface area contributed by atoms with Crippen LogP contribution in [-0.4, -0.2) is 25.8 Å². The van der Waals surface area contributed by atoms with Gasteiger partial charge in [-0.25, -0.2) is 5.43 Å². The summed E-state index contributed by atoms with van der Waals surface area (Å²) in [6.45, 7) is 0.0953. The molecule has 0 spiro atoms. The summed E-state index contributed by atoms with van der Waals surface area (Å²) in [5, 5.41) is 7.84. The number of nitrogens with zero attached hydrogens (tertiary/aromatic N) is 1. The molecule has 0 aliphatic heterocycles. The average molecular weight is 352 g/mol. The lowest BCUT2D eigenvalue weighted by atomic mass is 10.2. The van der Waals surface area contributed by atoms with Crippen molar-refractivity contribution in [2.75, 3.05) is 19.0 Å². The molecule has 0 aromatic heterocycles. The van der Waals surface area contributed by atoms with Crippen molar-refractivity contribution in [2.24, 2.45) is 5.10 Å². The van der Waals surface area contributed by atoms with Crippen LogP contribution in [0.2, 0.25) is 10.0 Å². The van der Waals surface area contributed by atoms with Gasteiger partial charge in [0.1, 0.15) is 5.75 Å². The summed E-state index contributed by atoms with van der Waals surface area (Å²) >= 11 is 11.8. The summed E-state index contributed by atoms with van der Waals surface area (Å²) in [6.07, 6.45) is 1.46. The van der Waals surface area contributed by atoms with Crippen molar-refractivity contribution in [1.82, 2.24) is 5.43 Å². The zero-order valence-electron chi connectivity index (χ0n) is 12.3. The van der Waals surface area contributed by atoms with Crippen LogP contribution in [-0.2, 0) is 4.79 Å². The molecule has 0 heterocycles. The Hall–Kier alpha value is -2.24. The molecule has 120 valence electrons. The third-order valence-electron chi connectivity index (χ3n) is 2.90. The number of nitrogens with one attached hydrogen (secondary N) is 2. The van der Waals surface area contributed by atoms with Crippen molar-refractivity contribution in [3.63, 3.8) is 0 Å². The van der Waals surface area contributed by atoms with Gasteiger partial charge in [-0.05, 0) is 36.4 Å². The number of methoxy groups -OCH3 is 1. The van der Waals surface area contributed by atoms with Crippen LogP contribution in [0.3, 0.4) is 0 Å². The van der Waals surface area contributed by atoms with Crippen LogP contribution in [0.15, 0.2) is 47.6 Å². The van der Waals surface area contributed by atoms with E-state index < -0.39 is 0 Å². The molecule has 0 aliphatic rings. The normalized spacial score (nSPS) is 10.6. The Morgan fingerprint density at radius 2 is 1.96 bits per heavy atom. The van der Waals surface area contributed by atoms with Gasteiger partial charge in [0.05, 0.1) is 24.9 Å². The molecule has 1 amide bonds. The first-order chi connectivity index (χ1) is 11.1. The molecule has 2 aromatic rings. The number of ether oxygens (including phenoxy) is 1. The monoisotopic (exact) mass is 351 g/mol. The number of hydrogen-bond acceptors (Lipinski definition) is 4. The fourth-order valence-electron chi connectivity index (χ4n) is 1.71. The Morgan fingerprint density at radius 3 is 2.61 bits per heavy atom. The van der Waals surface area contributed by atoms with Gasteiger partial charge >= 0.3 is 0 Å². The van der Waals surface area contributed by atoms with E-state index in [1.54, 1.807) is 37.4 Å². The van der Waals surface area contributed by atoms with E-state index in [9.17, 15) is 4.79 Å². The van der Waals surface area contributed by atoms with Crippen LogP contribution < -0.4 is 15.5 Å². The molecule has 7 heteroatoms. The van der Waals surface area contributed by atoms with E-state index in [1.807, 2.05) is 12.1 Å². The molecule has 0 unspecified atom stereocenters. The van der Waals surface area contributed by atoms with Gasteiger partial charge in [-0.1, -0.05) is 29.3 Å². The molecule has 2 rings (SSSR count). The van der Waals surface area contributed by atoms with Crippen molar-refractivity contribution >= 4 is 41.0 Å². The van der Waals surface area contributed by atoms with Gasteiger partial charge in [0.15, 0.2) is 0 Å². The van der Waals surface area contributed by atoms with Crippen molar-refractivity contribution in [1.29, 1.82) is 0 Å². The van der Waals surface area contributed by atoms with Gasteiger partial charge in [0, 0.05) is 16.3 Å². The van der Waals surface area contributed by atoms with E-state index in [0.717, 1.165) is 11.4 Å². The fourth-order valence-corrected chi connectivity index (χ4v) is 2.17. The largest absolute Gasteiger partial charge is 0.497 e. The number of anilines is 1. The predicted molar refractivity (Wildman–Crippen MR) is 93.7 cm³/mol. The van der Waals surface area contributed by atoms with Crippen molar-refractivity contribution in [3.8, 4) is 5.75 Å². The molecule has 0 fully saturated rings. The lowest BCUT2D eigenvalue weighted by Crippen LogP contribution is -2.25. The molecule has 23 heavy (non-hydrogen) atoms. The Kier molecular flexibility index (Phi) is 6.26. The number of rotatable bonds is 6. The number of carbonyl (C=O) groups is 1. The number of amides is 1. The molecule has 0 saturated carbocycles. The molecule has 0 radical (unpaired) electrons. The molecule has 5 nitrogen and oxygen atoms in total. The molecule has 0 bridgehead atoms. The van der Waals surface area contributed by atoms with E-state index in [2.05, 4.69) is 15.8 Å². The van der Waals surface area contributed by atoms with Gasteiger partial charge in [0.25, 0.3) is 5.91 Å². The summed E-state index contributed by atoms with van der Waals surface area (Å²) < 4.78 is 5.06. The molecular weight excluding hydrogens is 337 g/mol. The van der Waals surface area contributed by atoms with E-state index in [4.69, 9.17) is 27.9 Å². The summed E-state index contributed by atoms with van der Waals surface area (Å²) in [6, 6.07) is 12.3. The third kappa shape index (κ3) is 5.47. The topological polar surface area (TPSA) is 62.7 Å². The maximum atomic E-state index is 11.7. The second kappa shape index (κ2) is 8.41.